The van der Waals surface area contributed by atoms with E-state index in [4.69, 9.17) is 43.9 Å². The topological polar surface area (TPSA) is 164 Å². The smallest absolute Gasteiger partial charge is 0.326 e. The predicted octanol–water partition coefficient (Wildman–Crippen LogP) is 2.27. The molecule has 0 aromatic heterocycles. The number of carbonyl (C=O) groups excluding carboxylic acids is 1. The Morgan fingerprint density at radius 2 is 1.69 bits per heavy atom. The Morgan fingerprint density at radius 3 is 2.14 bits per heavy atom. The third-order valence-corrected chi connectivity index (χ3v) is 6.69. The largest absolute Gasteiger partial charge is 0.489 e. The number of likely N-dealkylation sites (tertiary alicyclic amines) is 1. The van der Waals surface area contributed by atoms with Gasteiger partial charge in [-0.1, -0.05) is 41.4 Å². The van der Waals surface area contributed by atoms with E-state index in [-0.39, 0.29) is 30.9 Å². The summed E-state index contributed by atoms with van der Waals surface area (Å²) in [5.74, 6) is -1.99. The Labute approximate surface area is 218 Å². The molecular formula is C23H24Cl2N2O8S. The third kappa shape index (κ3) is 8.23. The minimum absolute atomic E-state index is 0.0626. The summed E-state index contributed by atoms with van der Waals surface area (Å²) in [6.07, 6.45) is 0.164. The molecule has 1 aliphatic rings. The monoisotopic (exact) mass is 558 g/mol. The standard InChI is InChI=1S/C16H15Cl2NO3.C7H9NO5S/c17-13-2-1-3-14(18)12(13)9-22-11-6-4-10(5-7-11)8-15(19)16(20)21;1-4(9)8-3-5(14(12)13)2-6(8)7(10)11/h1-7,15H,8-9,19H2,(H,20,21);6H,2-3H2,1H3,(H,10,11)/t15-;6-/m00/s1. The molecular weight excluding hydrogens is 535 g/mol. The molecule has 0 unspecified atom stereocenters. The van der Waals surface area contributed by atoms with Crippen LogP contribution in [0.5, 0.6) is 5.75 Å². The fourth-order valence-electron chi connectivity index (χ4n) is 3.25. The molecule has 0 bridgehead atoms. The summed E-state index contributed by atoms with van der Waals surface area (Å²) in [4.78, 5) is 33.5. The molecule has 0 saturated carbocycles. The van der Waals surface area contributed by atoms with Gasteiger partial charge in [-0.25, -0.2) is 4.79 Å². The number of nitrogens with two attached hydrogens (primary N) is 1. The SMILES string of the molecule is CC(=O)N1CC(=S(=O)=O)C[C@H]1C(=O)O.N[C@@H](Cc1ccc(OCc2c(Cl)cccc2Cl)cc1)C(=O)O. The van der Waals surface area contributed by atoms with Gasteiger partial charge in [0.05, 0.1) is 11.4 Å². The average molecular weight is 559 g/mol. The maximum absolute atomic E-state index is 11.0. The first-order valence-electron chi connectivity index (χ1n) is 10.5. The summed E-state index contributed by atoms with van der Waals surface area (Å²) in [7, 11) is -2.41. The Balaban J connectivity index is 0.000000281. The summed E-state index contributed by atoms with van der Waals surface area (Å²) < 4.78 is 26.8. The van der Waals surface area contributed by atoms with Crippen molar-refractivity contribution in [3.05, 3.63) is 63.6 Å². The fraction of sp³-hybridized carbons (Fsp3) is 0.304. The highest BCUT2D eigenvalue weighted by molar-refractivity contribution is 7.73. The molecule has 13 heteroatoms. The number of amides is 1. The van der Waals surface area contributed by atoms with E-state index in [1.165, 1.54) is 6.92 Å². The number of hydrogen-bond donors (Lipinski definition) is 3. The minimum atomic E-state index is -2.41. The molecule has 1 fully saturated rings. The van der Waals surface area contributed by atoms with Crippen molar-refractivity contribution in [1.29, 1.82) is 0 Å². The van der Waals surface area contributed by atoms with E-state index in [1.807, 2.05) is 0 Å². The summed E-state index contributed by atoms with van der Waals surface area (Å²) >= 11 is 12.1. The van der Waals surface area contributed by atoms with Gasteiger partial charge in [-0.05, 0) is 36.2 Å². The van der Waals surface area contributed by atoms with Crippen LogP contribution in [0.3, 0.4) is 0 Å². The first-order valence-corrected chi connectivity index (χ1v) is 12.3. The molecule has 0 aliphatic carbocycles. The van der Waals surface area contributed by atoms with E-state index in [1.54, 1.807) is 42.5 Å². The van der Waals surface area contributed by atoms with Crippen LogP contribution in [0, 0.1) is 0 Å². The molecule has 194 valence electrons. The number of rotatable bonds is 7. The van der Waals surface area contributed by atoms with Crippen molar-refractivity contribution in [2.24, 2.45) is 5.73 Å². The number of aliphatic carboxylic acids is 2. The van der Waals surface area contributed by atoms with Crippen molar-refractivity contribution in [3.8, 4) is 5.75 Å². The van der Waals surface area contributed by atoms with Gasteiger partial charge >= 0.3 is 11.9 Å². The molecule has 3 rings (SSSR count). The maximum atomic E-state index is 11.0. The van der Waals surface area contributed by atoms with E-state index < -0.39 is 40.2 Å². The summed E-state index contributed by atoms with van der Waals surface area (Å²) in [6.45, 7) is 1.36. The zero-order chi connectivity index (χ0) is 27.0. The van der Waals surface area contributed by atoms with E-state index in [9.17, 15) is 22.8 Å². The number of benzene rings is 2. The van der Waals surface area contributed by atoms with Crippen LogP contribution in [-0.4, -0.2) is 64.9 Å². The maximum Gasteiger partial charge on any atom is 0.326 e. The second kappa shape index (κ2) is 13.3. The van der Waals surface area contributed by atoms with Gasteiger partial charge in [0.15, 0.2) is 0 Å². The molecule has 4 N–H and O–H groups in total. The number of hydrogen-bond acceptors (Lipinski definition) is 7. The lowest BCUT2D eigenvalue weighted by atomic mass is 10.1. The molecule has 2 atom stereocenters. The van der Waals surface area contributed by atoms with Crippen LogP contribution in [0.15, 0.2) is 42.5 Å². The zero-order valence-corrected chi connectivity index (χ0v) is 21.4. The Bertz CT molecular complexity index is 1210. The minimum Gasteiger partial charge on any atom is -0.489 e. The first kappa shape index (κ1) is 29.1. The van der Waals surface area contributed by atoms with Crippen molar-refractivity contribution < 1.29 is 37.8 Å². The van der Waals surface area contributed by atoms with Crippen molar-refractivity contribution in [1.82, 2.24) is 4.90 Å². The lowest BCUT2D eigenvalue weighted by Gasteiger charge is -2.17. The molecule has 1 aliphatic heterocycles. The quantitative estimate of drug-likeness (QED) is 0.432. The molecule has 0 radical (unpaired) electrons. The average Bonchev–Trinajstić information content (AvgIpc) is 3.27. The molecule has 10 nitrogen and oxygen atoms in total. The number of carboxylic acid groups (broad SMARTS) is 2. The predicted molar refractivity (Wildman–Crippen MR) is 134 cm³/mol. The van der Waals surface area contributed by atoms with Gasteiger partial charge < -0.3 is 25.6 Å². The van der Waals surface area contributed by atoms with Crippen molar-refractivity contribution in [2.75, 3.05) is 6.54 Å². The molecule has 0 spiro atoms. The van der Waals surface area contributed by atoms with E-state index >= 15 is 0 Å². The van der Waals surface area contributed by atoms with Crippen molar-refractivity contribution in [2.45, 2.75) is 38.5 Å². The molecule has 2 aromatic carbocycles. The molecule has 1 amide bonds. The van der Waals surface area contributed by atoms with Gasteiger partial charge in [0, 0.05) is 29.0 Å². The highest BCUT2D eigenvalue weighted by Gasteiger charge is 2.36. The fourth-order valence-corrected chi connectivity index (χ4v) is 4.30. The van der Waals surface area contributed by atoms with Crippen molar-refractivity contribution in [3.63, 3.8) is 0 Å². The van der Waals surface area contributed by atoms with Gasteiger partial charge in [0.2, 0.25) is 16.2 Å². The van der Waals surface area contributed by atoms with Crippen LogP contribution in [0.25, 0.3) is 0 Å². The van der Waals surface area contributed by atoms with Crippen molar-refractivity contribution >= 4 is 56.2 Å². The first-order chi connectivity index (χ1) is 16.9. The molecule has 36 heavy (non-hydrogen) atoms. The lowest BCUT2D eigenvalue weighted by Crippen LogP contribution is -2.39. The normalized spacial score (nSPS) is 15.5. The lowest BCUT2D eigenvalue weighted by molar-refractivity contribution is -0.147. The van der Waals surface area contributed by atoms with Gasteiger partial charge in [0.1, 0.15) is 24.4 Å². The summed E-state index contributed by atoms with van der Waals surface area (Å²) in [5.41, 5.74) is 7.05. The number of halogens is 2. The second-order valence-corrected chi connectivity index (χ2v) is 9.62. The van der Waals surface area contributed by atoms with Gasteiger partial charge in [0.25, 0.3) is 0 Å². The highest BCUT2D eigenvalue weighted by Crippen LogP contribution is 2.26. The van der Waals surface area contributed by atoms with Gasteiger partial charge in [-0.15, -0.1) is 0 Å². The Hall–Kier alpha value is -3.12. The molecule has 1 saturated heterocycles. The highest BCUT2D eigenvalue weighted by atomic mass is 35.5. The van der Waals surface area contributed by atoms with Crippen LogP contribution in [0.2, 0.25) is 10.0 Å². The van der Waals surface area contributed by atoms with Gasteiger partial charge in [-0.3, -0.25) is 9.59 Å². The molecule has 2 aromatic rings. The number of carbonyl (C=O) groups is 3. The third-order valence-electron chi connectivity index (χ3n) is 5.21. The Morgan fingerprint density at radius 1 is 1.11 bits per heavy atom. The van der Waals surface area contributed by atoms with E-state index in [0.29, 0.717) is 15.8 Å². The van der Waals surface area contributed by atoms with E-state index in [0.717, 1.165) is 16.0 Å². The van der Waals surface area contributed by atoms with Crippen LogP contribution < -0.4 is 10.5 Å². The van der Waals surface area contributed by atoms with E-state index in [2.05, 4.69) is 0 Å². The van der Waals surface area contributed by atoms with Crippen LogP contribution in [0.4, 0.5) is 0 Å². The van der Waals surface area contributed by atoms with Crippen LogP contribution in [0.1, 0.15) is 24.5 Å². The number of carboxylic acids is 2. The second-order valence-electron chi connectivity index (χ2n) is 7.76. The number of ether oxygens (including phenoxy) is 1. The van der Waals surface area contributed by atoms with Crippen LogP contribution in [-0.2, 0) is 37.7 Å². The zero-order valence-electron chi connectivity index (χ0n) is 19.1. The summed E-state index contributed by atoms with van der Waals surface area (Å²) in [6, 6.07) is 10.4. The summed E-state index contributed by atoms with van der Waals surface area (Å²) in [5, 5.41) is 18.6. The number of nitrogens with zero attached hydrogens (tertiary/aromatic N) is 1. The van der Waals surface area contributed by atoms with Gasteiger partial charge in [-0.2, -0.15) is 8.42 Å². The molecule has 1 heterocycles. The Kier molecular flexibility index (Phi) is 10.7. The van der Waals surface area contributed by atoms with Crippen LogP contribution >= 0.6 is 23.2 Å².